The molecule has 1 atom stereocenters. The number of fused-ring (bicyclic) bond motifs is 1. The van der Waals surface area contributed by atoms with Crippen LogP contribution in [0.4, 0.5) is 5.69 Å². The molecule has 1 aliphatic heterocycles. The molecule has 2 aromatic carbocycles. The van der Waals surface area contributed by atoms with E-state index in [4.69, 9.17) is 9.47 Å². The highest BCUT2D eigenvalue weighted by molar-refractivity contribution is 9.10. The topological polar surface area (TPSA) is 84.9 Å². The van der Waals surface area contributed by atoms with Crippen LogP contribution in [0, 0.1) is 0 Å². The van der Waals surface area contributed by atoms with Gasteiger partial charge in [-0.05, 0) is 24.3 Å². The predicted octanol–water partition coefficient (Wildman–Crippen LogP) is 2.88. The number of anilines is 1. The molecule has 1 heterocycles. The lowest BCUT2D eigenvalue weighted by atomic mass is 9.88. The number of ketones is 1. The monoisotopic (exact) mass is 405 g/mol. The summed E-state index contributed by atoms with van der Waals surface area (Å²) in [5.41, 5.74) is -0.756. The van der Waals surface area contributed by atoms with E-state index in [1.165, 1.54) is 14.2 Å². The Kier molecular flexibility index (Phi) is 4.53. The number of nitrogens with one attached hydrogen (secondary N) is 1. The maximum Gasteiger partial charge on any atom is 0.261 e. The molecule has 0 unspecified atom stereocenters. The van der Waals surface area contributed by atoms with Crippen molar-refractivity contribution in [1.29, 1.82) is 0 Å². The van der Waals surface area contributed by atoms with E-state index in [0.717, 1.165) is 4.47 Å². The first-order valence-electron chi connectivity index (χ1n) is 7.47. The molecule has 6 nitrogen and oxygen atoms in total. The summed E-state index contributed by atoms with van der Waals surface area (Å²) < 4.78 is 11.1. The van der Waals surface area contributed by atoms with Gasteiger partial charge in [-0.25, -0.2) is 0 Å². The summed E-state index contributed by atoms with van der Waals surface area (Å²) in [6.07, 6.45) is -0.385. The van der Waals surface area contributed by atoms with Crippen molar-refractivity contribution in [3.8, 4) is 11.5 Å². The summed E-state index contributed by atoms with van der Waals surface area (Å²) in [6, 6.07) is 9.75. The van der Waals surface area contributed by atoms with E-state index in [1.54, 1.807) is 36.4 Å². The first-order valence-corrected chi connectivity index (χ1v) is 8.27. The average Bonchev–Trinajstić information content (AvgIpc) is 2.84. The number of hydrogen-bond donors (Lipinski definition) is 2. The summed E-state index contributed by atoms with van der Waals surface area (Å²) >= 11 is 3.31. The first-order chi connectivity index (χ1) is 11.9. The number of carbonyl (C=O) groups is 2. The minimum atomic E-state index is -1.91. The number of Topliss-reactive ketones (excluding diaryl/α,β-unsaturated/α-hetero) is 1. The number of benzene rings is 2. The summed E-state index contributed by atoms with van der Waals surface area (Å²) in [5.74, 6) is -0.112. The van der Waals surface area contributed by atoms with Gasteiger partial charge >= 0.3 is 0 Å². The number of rotatable bonds is 5. The van der Waals surface area contributed by atoms with Crippen LogP contribution in [0.25, 0.3) is 0 Å². The zero-order chi connectivity index (χ0) is 18.2. The van der Waals surface area contributed by atoms with E-state index < -0.39 is 17.3 Å². The lowest BCUT2D eigenvalue weighted by Crippen LogP contribution is -2.36. The van der Waals surface area contributed by atoms with Gasteiger partial charge < -0.3 is 19.9 Å². The molecule has 0 radical (unpaired) electrons. The van der Waals surface area contributed by atoms with Crippen LogP contribution >= 0.6 is 15.9 Å². The molecule has 1 aliphatic rings. The minimum absolute atomic E-state index is 0.294. The fraction of sp³-hybridized carbons (Fsp3) is 0.222. The zero-order valence-electron chi connectivity index (χ0n) is 13.6. The van der Waals surface area contributed by atoms with Gasteiger partial charge in [-0.1, -0.05) is 22.0 Å². The lowest BCUT2D eigenvalue weighted by Gasteiger charge is -2.20. The molecular weight excluding hydrogens is 390 g/mol. The van der Waals surface area contributed by atoms with Gasteiger partial charge in [-0.3, -0.25) is 9.59 Å². The van der Waals surface area contributed by atoms with Gasteiger partial charge in [0.15, 0.2) is 11.4 Å². The minimum Gasteiger partial charge on any atom is -0.497 e. The molecule has 0 bridgehead atoms. The standard InChI is InChI=1S/C18H16BrNO5/c1-24-12-5-10(6-13(8-12)25-2)16(21)9-18(23)14-4-3-11(19)7-15(14)20-17(18)22/h3-8,23H,9H2,1-2H3,(H,20,22)/t18-/m0/s1. The fourth-order valence-electron chi connectivity index (χ4n) is 2.81. The SMILES string of the molecule is COc1cc(OC)cc(C(=O)C[C@@]2(O)C(=O)Nc3cc(Br)ccc32)c1. The third-order valence-electron chi connectivity index (χ3n) is 4.14. The van der Waals surface area contributed by atoms with Crippen molar-refractivity contribution >= 4 is 33.3 Å². The second-order valence-corrected chi connectivity index (χ2v) is 6.62. The van der Waals surface area contributed by atoms with Crippen molar-refractivity contribution in [2.45, 2.75) is 12.0 Å². The van der Waals surface area contributed by atoms with Crippen molar-refractivity contribution in [2.75, 3.05) is 19.5 Å². The maximum absolute atomic E-state index is 12.7. The number of carbonyl (C=O) groups excluding carboxylic acids is 2. The Morgan fingerprint density at radius 3 is 2.40 bits per heavy atom. The van der Waals surface area contributed by atoms with E-state index in [9.17, 15) is 14.7 Å². The van der Waals surface area contributed by atoms with E-state index >= 15 is 0 Å². The fourth-order valence-corrected chi connectivity index (χ4v) is 3.17. The summed E-state index contributed by atoms with van der Waals surface area (Å²) in [6.45, 7) is 0. The number of methoxy groups -OCH3 is 2. The highest BCUT2D eigenvalue weighted by Gasteiger charge is 2.46. The Morgan fingerprint density at radius 2 is 1.80 bits per heavy atom. The maximum atomic E-state index is 12.7. The number of hydrogen-bond acceptors (Lipinski definition) is 5. The normalized spacial score (nSPS) is 18.5. The van der Waals surface area contributed by atoms with Crippen LogP contribution in [0.3, 0.4) is 0 Å². The molecule has 2 N–H and O–H groups in total. The van der Waals surface area contributed by atoms with Crippen LogP contribution in [0.1, 0.15) is 22.3 Å². The van der Waals surface area contributed by atoms with E-state index in [2.05, 4.69) is 21.2 Å². The van der Waals surface area contributed by atoms with Gasteiger partial charge in [0.1, 0.15) is 11.5 Å². The molecule has 1 amide bonds. The quantitative estimate of drug-likeness (QED) is 0.747. The van der Waals surface area contributed by atoms with E-state index in [1.807, 2.05) is 0 Å². The molecule has 0 spiro atoms. The predicted molar refractivity (Wildman–Crippen MR) is 95.2 cm³/mol. The lowest BCUT2D eigenvalue weighted by molar-refractivity contribution is -0.133. The Balaban J connectivity index is 1.95. The number of ether oxygens (including phenoxy) is 2. The van der Waals surface area contributed by atoms with Crippen LogP contribution in [-0.2, 0) is 10.4 Å². The van der Waals surface area contributed by atoms with Gasteiger partial charge in [0, 0.05) is 27.4 Å². The van der Waals surface area contributed by atoms with Gasteiger partial charge in [-0.15, -0.1) is 0 Å². The number of aliphatic hydroxyl groups is 1. The zero-order valence-corrected chi connectivity index (χ0v) is 15.2. The summed E-state index contributed by atoms with van der Waals surface area (Å²) in [7, 11) is 2.96. The largest absolute Gasteiger partial charge is 0.497 e. The molecule has 0 saturated heterocycles. The number of halogens is 1. The second-order valence-electron chi connectivity index (χ2n) is 5.71. The van der Waals surface area contributed by atoms with Crippen LogP contribution in [0.2, 0.25) is 0 Å². The van der Waals surface area contributed by atoms with Gasteiger partial charge in [0.25, 0.3) is 5.91 Å². The Labute approximate surface area is 152 Å². The first kappa shape index (κ1) is 17.4. The van der Waals surface area contributed by atoms with Crippen LogP contribution in [0.15, 0.2) is 40.9 Å². The molecule has 2 aromatic rings. The van der Waals surface area contributed by atoms with Crippen molar-refractivity contribution in [3.63, 3.8) is 0 Å². The van der Waals surface area contributed by atoms with Crippen molar-refractivity contribution < 1.29 is 24.2 Å². The highest BCUT2D eigenvalue weighted by Crippen LogP contribution is 2.40. The van der Waals surface area contributed by atoms with E-state index in [-0.39, 0.29) is 6.42 Å². The third-order valence-corrected chi connectivity index (χ3v) is 4.63. The van der Waals surface area contributed by atoms with Crippen LogP contribution in [0.5, 0.6) is 11.5 Å². The third kappa shape index (κ3) is 3.12. The van der Waals surface area contributed by atoms with Crippen LogP contribution in [-0.4, -0.2) is 31.0 Å². The van der Waals surface area contributed by atoms with E-state index in [0.29, 0.717) is 28.3 Å². The highest BCUT2D eigenvalue weighted by atomic mass is 79.9. The molecule has 0 aromatic heterocycles. The molecule has 7 heteroatoms. The Hall–Kier alpha value is -2.38. The van der Waals surface area contributed by atoms with Crippen molar-refractivity contribution in [3.05, 3.63) is 52.0 Å². The molecule has 130 valence electrons. The molecule has 0 saturated carbocycles. The van der Waals surface area contributed by atoms with Gasteiger partial charge in [0.2, 0.25) is 0 Å². The Morgan fingerprint density at radius 1 is 1.16 bits per heavy atom. The van der Waals surface area contributed by atoms with Gasteiger partial charge in [-0.2, -0.15) is 0 Å². The summed E-state index contributed by atoms with van der Waals surface area (Å²) in [5, 5.41) is 13.5. The van der Waals surface area contributed by atoms with Crippen molar-refractivity contribution in [2.24, 2.45) is 0 Å². The smallest absolute Gasteiger partial charge is 0.261 e. The van der Waals surface area contributed by atoms with Gasteiger partial charge in [0.05, 0.1) is 20.6 Å². The molecular formula is C18H16BrNO5. The molecule has 0 fully saturated rings. The molecule has 25 heavy (non-hydrogen) atoms. The Bertz CT molecular complexity index is 844. The molecule has 0 aliphatic carbocycles. The average molecular weight is 406 g/mol. The molecule has 3 rings (SSSR count). The summed E-state index contributed by atoms with van der Waals surface area (Å²) in [4.78, 5) is 25.0. The second kappa shape index (κ2) is 6.50. The van der Waals surface area contributed by atoms with Crippen LogP contribution < -0.4 is 14.8 Å². The number of amides is 1. The van der Waals surface area contributed by atoms with Crippen molar-refractivity contribution in [1.82, 2.24) is 0 Å².